The van der Waals surface area contributed by atoms with Gasteiger partial charge in [-0.15, -0.1) is 0 Å². The van der Waals surface area contributed by atoms with Gasteiger partial charge in [-0.1, -0.05) is 18.2 Å². The minimum absolute atomic E-state index is 0.160. The summed E-state index contributed by atoms with van der Waals surface area (Å²) in [5.41, 5.74) is 1.86. The average molecular weight is 315 g/mol. The zero-order valence-corrected chi connectivity index (χ0v) is 13.6. The van der Waals surface area contributed by atoms with E-state index < -0.39 is 0 Å². The number of nitrogens with one attached hydrogen (secondary N) is 1. The van der Waals surface area contributed by atoms with Crippen molar-refractivity contribution >= 4 is 6.03 Å². The number of rotatable bonds is 6. The fraction of sp³-hybridized carbons (Fsp3) is 0.294. The number of aromatic nitrogens is 1. The molecule has 6 nitrogen and oxygen atoms in total. The normalized spacial score (nSPS) is 10.0. The first-order valence-corrected chi connectivity index (χ1v) is 7.24. The first-order valence-electron chi connectivity index (χ1n) is 7.24. The van der Waals surface area contributed by atoms with Crippen molar-refractivity contribution in [3.05, 3.63) is 53.7 Å². The molecular weight excluding hydrogens is 294 g/mol. The lowest BCUT2D eigenvalue weighted by atomic mass is 10.2. The number of hydrogen-bond acceptors (Lipinski definition) is 4. The summed E-state index contributed by atoms with van der Waals surface area (Å²) < 4.78 is 10.3. The van der Waals surface area contributed by atoms with Gasteiger partial charge < -0.3 is 19.7 Å². The standard InChI is InChI=1S/C17H21N3O3/c1-20(12-13-6-8-15(22-2)9-7-13)17(21)19-11-14-5-4-10-18-16(14)23-3/h4-10H,11-12H2,1-3H3,(H,19,21). The molecule has 0 bridgehead atoms. The first-order chi connectivity index (χ1) is 11.1. The quantitative estimate of drug-likeness (QED) is 0.889. The van der Waals surface area contributed by atoms with Gasteiger partial charge in [0.1, 0.15) is 5.75 Å². The van der Waals surface area contributed by atoms with Crippen LogP contribution >= 0.6 is 0 Å². The number of methoxy groups -OCH3 is 2. The molecule has 0 fully saturated rings. The Morgan fingerprint density at radius 2 is 1.91 bits per heavy atom. The highest BCUT2D eigenvalue weighted by Gasteiger charge is 2.10. The van der Waals surface area contributed by atoms with E-state index in [0.29, 0.717) is 19.0 Å². The molecule has 1 aromatic heterocycles. The van der Waals surface area contributed by atoms with Crippen molar-refractivity contribution in [2.75, 3.05) is 21.3 Å². The number of carbonyl (C=O) groups is 1. The Morgan fingerprint density at radius 3 is 2.57 bits per heavy atom. The van der Waals surface area contributed by atoms with Gasteiger partial charge in [-0.2, -0.15) is 0 Å². The fourth-order valence-electron chi connectivity index (χ4n) is 2.12. The highest BCUT2D eigenvalue weighted by atomic mass is 16.5. The van der Waals surface area contributed by atoms with Gasteiger partial charge >= 0.3 is 6.03 Å². The van der Waals surface area contributed by atoms with E-state index in [1.165, 1.54) is 0 Å². The maximum atomic E-state index is 12.2. The molecule has 0 saturated heterocycles. The predicted molar refractivity (Wildman–Crippen MR) is 87.5 cm³/mol. The van der Waals surface area contributed by atoms with Crippen LogP contribution in [0.25, 0.3) is 0 Å². The van der Waals surface area contributed by atoms with E-state index in [-0.39, 0.29) is 6.03 Å². The minimum Gasteiger partial charge on any atom is -0.497 e. The molecule has 0 aliphatic heterocycles. The van der Waals surface area contributed by atoms with Crippen LogP contribution in [-0.4, -0.2) is 37.2 Å². The fourth-order valence-corrected chi connectivity index (χ4v) is 2.12. The van der Waals surface area contributed by atoms with Gasteiger partial charge in [0.2, 0.25) is 5.88 Å². The van der Waals surface area contributed by atoms with Gasteiger partial charge in [0.25, 0.3) is 0 Å². The number of pyridine rings is 1. The van der Waals surface area contributed by atoms with E-state index in [1.54, 1.807) is 32.4 Å². The number of amides is 2. The number of urea groups is 1. The molecule has 2 rings (SSSR count). The minimum atomic E-state index is -0.160. The maximum Gasteiger partial charge on any atom is 0.317 e. The Hall–Kier alpha value is -2.76. The number of carbonyl (C=O) groups excluding carboxylic acids is 1. The molecular formula is C17H21N3O3. The number of benzene rings is 1. The number of ether oxygens (including phenoxy) is 2. The van der Waals surface area contributed by atoms with Gasteiger partial charge in [-0.05, 0) is 23.8 Å². The molecule has 6 heteroatoms. The Labute approximate surface area is 136 Å². The molecule has 1 heterocycles. The Morgan fingerprint density at radius 1 is 1.17 bits per heavy atom. The zero-order valence-electron chi connectivity index (χ0n) is 13.6. The predicted octanol–water partition coefficient (Wildman–Crippen LogP) is 2.44. The number of hydrogen-bond donors (Lipinski definition) is 1. The van der Waals surface area contributed by atoms with Crippen LogP contribution in [-0.2, 0) is 13.1 Å². The Balaban J connectivity index is 1.89. The zero-order chi connectivity index (χ0) is 16.7. The second kappa shape index (κ2) is 8.03. The molecule has 122 valence electrons. The second-order valence-electron chi connectivity index (χ2n) is 5.03. The molecule has 0 spiro atoms. The van der Waals surface area contributed by atoms with Crippen molar-refractivity contribution in [2.45, 2.75) is 13.1 Å². The summed E-state index contributed by atoms with van der Waals surface area (Å²) in [4.78, 5) is 17.9. The first kappa shape index (κ1) is 16.6. The van der Waals surface area contributed by atoms with Gasteiger partial charge in [-0.3, -0.25) is 0 Å². The van der Waals surface area contributed by atoms with Crippen LogP contribution in [0.3, 0.4) is 0 Å². The lowest BCUT2D eigenvalue weighted by Gasteiger charge is -2.18. The summed E-state index contributed by atoms with van der Waals surface area (Å²) in [6.07, 6.45) is 1.65. The van der Waals surface area contributed by atoms with Crippen molar-refractivity contribution < 1.29 is 14.3 Å². The van der Waals surface area contributed by atoms with Crippen LogP contribution in [0.2, 0.25) is 0 Å². The molecule has 23 heavy (non-hydrogen) atoms. The van der Waals surface area contributed by atoms with Gasteiger partial charge in [0.15, 0.2) is 0 Å². The van der Waals surface area contributed by atoms with E-state index in [2.05, 4.69) is 10.3 Å². The summed E-state index contributed by atoms with van der Waals surface area (Å²) >= 11 is 0. The molecule has 0 saturated carbocycles. The van der Waals surface area contributed by atoms with E-state index in [4.69, 9.17) is 9.47 Å². The summed E-state index contributed by atoms with van der Waals surface area (Å²) in [5, 5.41) is 2.86. The third kappa shape index (κ3) is 4.60. The monoisotopic (exact) mass is 315 g/mol. The maximum absolute atomic E-state index is 12.2. The summed E-state index contributed by atoms with van der Waals surface area (Å²) in [7, 11) is 4.94. The lowest BCUT2D eigenvalue weighted by molar-refractivity contribution is 0.206. The second-order valence-corrected chi connectivity index (χ2v) is 5.03. The molecule has 1 N–H and O–H groups in total. The molecule has 0 aliphatic carbocycles. The van der Waals surface area contributed by atoms with Gasteiger partial charge in [-0.25, -0.2) is 9.78 Å². The molecule has 0 radical (unpaired) electrons. The SMILES string of the molecule is COc1ccc(CN(C)C(=O)NCc2cccnc2OC)cc1. The summed E-state index contributed by atoms with van der Waals surface area (Å²) in [5.74, 6) is 1.31. The number of nitrogens with zero attached hydrogens (tertiary/aromatic N) is 2. The van der Waals surface area contributed by atoms with Crippen LogP contribution in [0.1, 0.15) is 11.1 Å². The molecule has 2 aromatic rings. The molecule has 0 aliphatic rings. The van der Waals surface area contributed by atoms with Crippen molar-refractivity contribution in [3.63, 3.8) is 0 Å². The van der Waals surface area contributed by atoms with Crippen molar-refractivity contribution in [3.8, 4) is 11.6 Å². The van der Waals surface area contributed by atoms with Crippen LogP contribution in [0.5, 0.6) is 11.6 Å². The third-order valence-corrected chi connectivity index (χ3v) is 3.40. The highest BCUT2D eigenvalue weighted by Crippen LogP contribution is 2.14. The molecule has 1 aromatic carbocycles. The van der Waals surface area contributed by atoms with Crippen LogP contribution in [0.4, 0.5) is 4.79 Å². The van der Waals surface area contributed by atoms with Gasteiger partial charge in [0.05, 0.1) is 14.2 Å². The van der Waals surface area contributed by atoms with Crippen molar-refractivity contribution in [1.82, 2.24) is 15.2 Å². The largest absolute Gasteiger partial charge is 0.497 e. The third-order valence-electron chi connectivity index (χ3n) is 3.40. The Kier molecular flexibility index (Phi) is 5.80. The van der Waals surface area contributed by atoms with Crippen molar-refractivity contribution in [2.24, 2.45) is 0 Å². The summed E-state index contributed by atoms with van der Waals surface area (Å²) in [6, 6.07) is 11.1. The highest BCUT2D eigenvalue weighted by molar-refractivity contribution is 5.73. The van der Waals surface area contributed by atoms with E-state index >= 15 is 0 Å². The summed E-state index contributed by atoms with van der Waals surface area (Å²) in [6.45, 7) is 0.878. The van der Waals surface area contributed by atoms with Gasteiger partial charge in [0, 0.05) is 31.9 Å². The lowest BCUT2D eigenvalue weighted by Crippen LogP contribution is -2.36. The molecule has 2 amide bonds. The molecule has 0 atom stereocenters. The van der Waals surface area contributed by atoms with Crippen LogP contribution in [0.15, 0.2) is 42.6 Å². The van der Waals surface area contributed by atoms with Crippen molar-refractivity contribution in [1.29, 1.82) is 0 Å². The smallest absolute Gasteiger partial charge is 0.317 e. The Bertz CT molecular complexity index is 644. The van der Waals surface area contributed by atoms with E-state index in [1.807, 2.05) is 36.4 Å². The molecule has 0 unspecified atom stereocenters. The van der Waals surface area contributed by atoms with Crippen LogP contribution in [0, 0.1) is 0 Å². The van der Waals surface area contributed by atoms with E-state index in [9.17, 15) is 4.79 Å². The van der Waals surface area contributed by atoms with Crippen LogP contribution < -0.4 is 14.8 Å². The topological polar surface area (TPSA) is 63.7 Å². The average Bonchev–Trinajstić information content (AvgIpc) is 2.60. The van der Waals surface area contributed by atoms with E-state index in [0.717, 1.165) is 16.9 Å².